The molecule has 0 spiro atoms. The molecule has 0 aromatic rings. The summed E-state index contributed by atoms with van der Waals surface area (Å²) >= 11 is 0. The molecule has 0 atom stereocenters. The highest BCUT2D eigenvalue weighted by Crippen LogP contribution is 2.20. The van der Waals surface area contributed by atoms with Crippen molar-refractivity contribution in [1.82, 2.24) is 0 Å². The van der Waals surface area contributed by atoms with E-state index in [1.54, 1.807) is 13.0 Å². The lowest BCUT2D eigenvalue weighted by atomic mass is 10.0. The summed E-state index contributed by atoms with van der Waals surface area (Å²) in [6.45, 7) is 4.93. The quantitative estimate of drug-likeness (QED) is 0.573. The number of halogens is 1. The number of rotatable bonds is 4. The normalized spacial score (nSPS) is 16.7. The van der Waals surface area contributed by atoms with E-state index in [2.05, 4.69) is 5.16 Å². The summed E-state index contributed by atoms with van der Waals surface area (Å²) in [6, 6.07) is 0. The molecular weight excluding hydrogens is 237 g/mol. The lowest BCUT2D eigenvalue weighted by molar-refractivity contribution is -0.137. The van der Waals surface area contributed by atoms with Crippen molar-refractivity contribution in [3.63, 3.8) is 0 Å². The van der Waals surface area contributed by atoms with Crippen LogP contribution in [-0.2, 0) is 14.4 Å². The second-order valence-corrected chi connectivity index (χ2v) is 4.33. The summed E-state index contributed by atoms with van der Waals surface area (Å²) in [7, 11) is 0. The minimum atomic E-state index is -1.49. The summed E-state index contributed by atoms with van der Waals surface area (Å²) in [5.41, 5.74) is -1.13. The van der Waals surface area contributed by atoms with Crippen LogP contribution in [0.1, 0.15) is 33.6 Å². The third-order valence-corrected chi connectivity index (χ3v) is 2.34. The van der Waals surface area contributed by atoms with E-state index in [9.17, 15) is 9.18 Å². The second kappa shape index (κ2) is 6.33. The second-order valence-electron chi connectivity index (χ2n) is 4.33. The van der Waals surface area contributed by atoms with Gasteiger partial charge in [0.2, 0.25) is 0 Å². The monoisotopic (exact) mass is 255 g/mol. The fourth-order valence-electron chi connectivity index (χ4n) is 1.39. The number of allylic oxidation sites excluding steroid dienone is 2. The van der Waals surface area contributed by atoms with Crippen molar-refractivity contribution >= 4 is 11.7 Å². The average Bonchev–Trinajstić information content (AvgIpc) is 2.51. The van der Waals surface area contributed by atoms with E-state index < -0.39 is 11.6 Å². The van der Waals surface area contributed by atoms with Gasteiger partial charge in [0.15, 0.2) is 5.76 Å². The van der Waals surface area contributed by atoms with Gasteiger partial charge >= 0.3 is 5.97 Å². The van der Waals surface area contributed by atoms with Crippen LogP contribution in [0.25, 0.3) is 0 Å². The van der Waals surface area contributed by atoms with Crippen molar-refractivity contribution in [2.75, 3.05) is 6.61 Å². The number of oxime groups is 1. The van der Waals surface area contributed by atoms with Crippen LogP contribution in [0.3, 0.4) is 0 Å². The molecule has 0 amide bonds. The van der Waals surface area contributed by atoms with Crippen molar-refractivity contribution in [2.45, 2.75) is 39.3 Å². The van der Waals surface area contributed by atoms with Gasteiger partial charge in [0.05, 0.1) is 12.3 Å². The molecule has 5 heteroatoms. The molecule has 0 bridgehead atoms. The van der Waals surface area contributed by atoms with Crippen molar-refractivity contribution in [3.05, 3.63) is 24.0 Å². The first-order chi connectivity index (χ1) is 8.43. The third-order valence-electron chi connectivity index (χ3n) is 2.34. The van der Waals surface area contributed by atoms with Crippen LogP contribution in [0.5, 0.6) is 0 Å². The number of ether oxygens (including phenoxy) is 1. The first kappa shape index (κ1) is 14.4. The zero-order valence-electron chi connectivity index (χ0n) is 10.9. The zero-order valence-corrected chi connectivity index (χ0v) is 10.9. The van der Waals surface area contributed by atoms with E-state index in [0.29, 0.717) is 30.9 Å². The van der Waals surface area contributed by atoms with Gasteiger partial charge in [-0.1, -0.05) is 5.16 Å². The fraction of sp³-hybridized carbons (Fsp3) is 0.538. The van der Waals surface area contributed by atoms with E-state index in [1.807, 2.05) is 0 Å². The molecule has 0 N–H and O–H groups in total. The molecule has 0 radical (unpaired) electrons. The van der Waals surface area contributed by atoms with E-state index in [4.69, 9.17) is 9.57 Å². The molecule has 0 aromatic heterocycles. The Bertz CT molecular complexity index is 392. The molecule has 1 aliphatic rings. The molecule has 0 fully saturated rings. The van der Waals surface area contributed by atoms with Gasteiger partial charge in [-0.3, -0.25) is 0 Å². The van der Waals surface area contributed by atoms with Crippen LogP contribution in [0.4, 0.5) is 4.39 Å². The van der Waals surface area contributed by atoms with Gasteiger partial charge in [-0.05, 0) is 45.8 Å². The first-order valence-corrected chi connectivity index (χ1v) is 5.91. The number of hydrogen-bond donors (Lipinski definition) is 0. The molecule has 1 aliphatic heterocycles. The lowest BCUT2D eigenvalue weighted by Gasteiger charge is -2.14. The molecule has 1 heterocycles. The third kappa shape index (κ3) is 4.69. The summed E-state index contributed by atoms with van der Waals surface area (Å²) in [5, 5.41) is 3.77. The van der Waals surface area contributed by atoms with Gasteiger partial charge in [-0.15, -0.1) is 0 Å². The van der Waals surface area contributed by atoms with Crippen LogP contribution in [0.15, 0.2) is 29.1 Å². The van der Waals surface area contributed by atoms with Gasteiger partial charge in [0.1, 0.15) is 5.67 Å². The fourth-order valence-corrected chi connectivity index (χ4v) is 1.39. The Labute approximate surface area is 106 Å². The van der Waals surface area contributed by atoms with Crippen molar-refractivity contribution in [3.8, 4) is 0 Å². The number of carbonyl (C=O) groups excluding carboxylic acids is 1. The maximum Gasteiger partial charge on any atom is 0.330 e. The maximum atomic E-state index is 13.7. The zero-order chi connectivity index (χ0) is 13.6. The first-order valence-electron chi connectivity index (χ1n) is 5.91. The molecule has 0 saturated heterocycles. The molecule has 100 valence electrons. The van der Waals surface area contributed by atoms with Crippen LogP contribution in [-0.4, -0.2) is 24.0 Å². The molecule has 0 unspecified atom stereocenters. The molecule has 0 saturated carbocycles. The van der Waals surface area contributed by atoms with Crippen molar-refractivity contribution in [1.29, 1.82) is 0 Å². The molecule has 1 rings (SSSR count). The van der Waals surface area contributed by atoms with E-state index in [-0.39, 0.29) is 0 Å². The van der Waals surface area contributed by atoms with Gasteiger partial charge in [-0.2, -0.15) is 0 Å². The Morgan fingerprint density at radius 1 is 1.67 bits per heavy atom. The predicted octanol–water partition coefficient (Wildman–Crippen LogP) is 2.90. The van der Waals surface area contributed by atoms with E-state index in [0.717, 1.165) is 0 Å². The van der Waals surface area contributed by atoms with Crippen LogP contribution in [0, 0.1) is 0 Å². The number of hydrogen-bond acceptors (Lipinski definition) is 4. The van der Waals surface area contributed by atoms with Gasteiger partial charge < -0.3 is 9.57 Å². The van der Waals surface area contributed by atoms with Crippen LogP contribution in [0.2, 0.25) is 0 Å². The van der Waals surface area contributed by atoms with Crippen molar-refractivity contribution in [2.24, 2.45) is 5.16 Å². The van der Waals surface area contributed by atoms with Crippen LogP contribution >= 0.6 is 0 Å². The topological polar surface area (TPSA) is 47.9 Å². The molecule has 0 aromatic carbocycles. The number of esters is 1. The summed E-state index contributed by atoms with van der Waals surface area (Å²) in [4.78, 5) is 16.2. The Morgan fingerprint density at radius 2 is 2.39 bits per heavy atom. The van der Waals surface area contributed by atoms with E-state index >= 15 is 0 Å². The minimum Gasteiger partial charge on any atom is -0.463 e. The van der Waals surface area contributed by atoms with Gasteiger partial charge in [-0.25, -0.2) is 9.18 Å². The highest BCUT2D eigenvalue weighted by molar-refractivity contribution is 5.91. The highest BCUT2D eigenvalue weighted by Gasteiger charge is 2.25. The number of nitrogens with zero attached hydrogens (tertiary/aromatic N) is 1. The molecule has 4 nitrogen and oxygen atoms in total. The lowest BCUT2D eigenvalue weighted by Crippen LogP contribution is -2.25. The Kier molecular flexibility index (Phi) is 5.07. The maximum absolute atomic E-state index is 13.7. The molecule has 18 heavy (non-hydrogen) atoms. The molecule has 0 aliphatic carbocycles. The summed E-state index contributed by atoms with van der Waals surface area (Å²) in [6.07, 6.45) is 5.61. The molecular formula is C13H18FNO3. The van der Waals surface area contributed by atoms with Crippen LogP contribution < -0.4 is 0 Å². The minimum absolute atomic E-state index is 0.321. The SMILES string of the molecule is CCOC(=O)/C=C/C1=CCCC(C(C)(C)F)=NO1. The highest BCUT2D eigenvalue weighted by atomic mass is 19.1. The standard InChI is InChI=1S/C13H18FNO3/c1-4-17-12(16)9-8-10-6-5-7-11(15-18-10)13(2,3)14/h6,8-9H,4-5,7H2,1-3H3/b9-8+. The Balaban J connectivity index is 2.63. The number of alkyl halides is 1. The summed E-state index contributed by atoms with van der Waals surface area (Å²) in [5.74, 6) is -0.0245. The van der Waals surface area contributed by atoms with E-state index in [1.165, 1.54) is 26.0 Å². The Morgan fingerprint density at radius 3 is 3.00 bits per heavy atom. The predicted molar refractivity (Wildman–Crippen MR) is 66.8 cm³/mol. The smallest absolute Gasteiger partial charge is 0.330 e. The van der Waals surface area contributed by atoms with Gasteiger partial charge in [0, 0.05) is 6.08 Å². The average molecular weight is 255 g/mol. The summed E-state index contributed by atoms with van der Waals surface area (Å²) < 4.78 is 18.4. The largest absolute Gasteiger partial charge is 0.463 e. The van der Waals surface area contributed by atoms with Gasteiger partial charge in [0.25, 0.3) is 0 Å². The van der Waals surface area contributed by atoms with Crippen molar-refractivity contribution < 1.29 is 18.8 Å². The number of carbonyl (C=O) groups is 1. The Hall–Kier alpha value is -1.65.